The van der Waals surface area contributed by atoms with Gasteiger partial charge in [0.25, 0.3) is 5.91 Å². The summed E-state index contributed by atoms with van der Waals surface area (Å²) in [5.41, 5.74) is 4.02. The molecule has 2 nitrogen and oxygen atoms in total. The van der Waals surface area contributed by atoms with E-state index in [1.165, 1.54) is 11.6 Å². The van der Waals surface area contributed by atoms with Crippen molar-refractivity contribution in [3.63, 3.8) is 0 Å². The lowest BCUT2D eigenvalue weighted by Crippen LogP contribution is -2.39. The lowest BCUT2D eigenvalue weighted by atomic mass is 10.1. The van der Waals surface area contributed by atoms with E-state index in [1.54, 1.807) is 0 Å². The monoisotopic (exact) mass is 195 g/mol. The highest BCUT2D eigenvalue weighted by molar-refractivity contribution is 5.87. The summed E-state index contributed by atoms with van der Waals surface area (Å²) >= 11 is 0. The van der Waals surface area contributed by atoms with Crippen molar-refractivity contribution < 1.29 is 4.79 Å². The quantitative estimate of drug-likeness (QED) is 0.544. The van der Waals surface area contributed by atoms with E-state index in [0.29, 0.717) is 0 Å². The molecule has 0 bridgehead atoms. The molecule has 0 aromatic heterocycles. The van der Waals surface area contributed by atoms with Crippen molar-refractivity contribution in [2.75, 3.05) is 0 Å². The highest BCUT2D eigenvalue weighted by atomic mass is 16.1. The van der Waals surface area contributed by atoms with Crippen molar-refractivity contribution in [2.45, 2.75) is 53.0 Å². The summed E-state index contributed by atoms with van der Waals surface area (Å²) in [6, 6.07) is 0. The van der Waals surface area contributed by atoms with E-state index in [-0.39, 0.29) is 11.4 Å². The normalized spacial score (nSPS) is 10.4. The molecule has 0 aromatic rings. The fourth-order valence-corrected chi connectivity index (χ4v) is 1.03. The minimum absolute atomic E-state index is 0.0723. The first-order valence-electron chi connectivity index (χ1n) is 5.15. The Kier molecular flexibility index (Phi) is 5.26. The molecule has 0 aliphatic heterocycles. The standard InChI is InChI=1S/C12H21NO/c1-6-10(7-2)8-9-11(14)13-12(3,4)5/h9H,6-7H2,1-5H3,(H,13,14). The van der Waals surface area contributed by atoms with Gasteiger partial charge in [-0.2, -0.15) is 0 Å². The van der Waals surface area contributed by atoms with E-state index in [0.717, 1.165) is 12.8 Å². The van der Waals surface area contributed by atoms with Crippen LogP contribution < -0.4 is 5.32 Å². The van der Waals surface area contributed by atoms with Gasteiger partial charge in [0.1, 0.15) is 0 Å². The highest BCUT2D eigenvalue weighted by Crippen LogP contribution is 2.02. The van der Waals surface area contributed by atoms with Crippen LogP contribution in [0.25, 0.3) is 0 Å². The smallest absolute Gasteiger partial charge is 0.252 e. The molecule has 0 saturated heterocycles. The zero-order valence-electron chi connectivity index (χ0n) is 9.90. The van der Waals surface area contributed by atoms with Gasteiger partial charge in [-0.05, 0) is 39.2 Å². The maximum absolute atomic E-state index is 11.4. The molecule has 14 heavy (non-hydrogen) atoms. The van der Waals surface area contributed by atoms with E-state index in [9.17, 15) is 4.79 Å². The predicted molar refractivity (Wildman–Crippen MR) is 60.1 cm³/mol. The maximum atomic E-state index is 11.4. The second kappa shape index (κ2) is 5.66. The maximum Gasteiger partial charge on any atom is 0.252 e. The third-order valence-electron chi connectivity index (χ3n) is 1.76. The third-order valence-corrected chi connectivity index (χ3v) is 1.76. The summed E-state index contributed by atoms with van der Waals surface area (Å²) in [7, 11) is 0. The molecule has 0 atom stereocenters. The van der Waals surface area contributed by atoms with E-state index in [1.807, 2.05) is 20.8 Å². The summed E-state index contributed by atoms with van der Waals surface area (Å²) < 4.78 is 0. The lowest BCUT2D eigenvalue weighted by molar-refractivity contribution is -0.117. The number of nitrogens with one attached hydrogen (secondary N) is 1. The Morgan fingerprint density at radius 2 is 1.79 bits per heavy atom. The Bertz CT molecular complexity index is 246. The molecule has 0 radical (unpaired) electrons. The van der Waals surface area contributed by atoms with Crippen molar-refractivity contribution >= 4 is 5.91 Å². The lowest BCUT2D eigenvalue weighted by Gasteiger charge is -2.18. The van der Waals surface area contributed by atoms with E-state index in [2.05, 4.69) is 24.9 Å². The third kappa shape index (κ3) is 6.50. The fourth-order valence-electron chi connectivity index (χ4n) is 1.03. The van der Waals surface area contributed by atoms with Gasteiger partial charge in [-0.25, -0.2) is 0 Å². The molecule has 0 fully saturated rings. The van der Waals surface area contributed by atoms with Crippen LogP contribution >= 0.6 is 0 Å². The molecular formula is C12H21NO. The molecule has 0 rings (SSSR count). The van der Waals surface area contributed by atoms with Gasteiger partial charge in [0.2, 0.25) is 0 Å². The second-order valence-electron chi connectivity index (χ2n) is 4.34. The first-order chi connectivity index (χ1) is 6.39. The second-order valence-corrected chi connectivity index (χ2v) is 4.34. The van der Waals surface area contributed by atoms with Crippen LogP contribution in [0, 0.1) is 0 Å². The molecule has 2 heteroatoms. The average molecular weight is 195 g/mol. The number of amides is 1. The predicted octanol–water partition coefficient (Wildman–Crippen LogP) is 2.80. The number of hydrogen-bond acceptors (Lipinski definition) is 1. The fraction of sp³-hybridized carbons (Fsp3) is 0.667. The van der Waals surface area contributed by atoms with Crippen LogP contribution in [-0.4, -0.2) is 11.4 Å². The number of hydrogen-bond donors (Lipinski definition) is 1. The Balaban J connectivity index is 4.38. The Morgan fingerprint density at radius 1 is 1.29 bits per heavy atom. The molecule has 0 aliphatic rings. The van der Waals surface area contributed by atoms with Crippen molar-refractivity contribution in [3.05, 3.63) is 17.4 Å². The zero-order valence-corrected chi connectivity index (χ0v) is 9.90. The van der Waals surface area contributed by atoms with Crippen LogP contribution in [0.2, 0.25) is 0 Å². The number of carbonyl (C=O) groups is 1. The summed E-state index contributed by atoms with van der Waals surface area (Å²) in [5, 5.41) is 2.85. The van der Waals surface area contributed by atoms with E-state index in [4.69, 9.17) is 0 Å². The first-order valence-corrected chi connectivity index (χ1v) is 5.15. The van der Waals surface area contributed by atoms with Gasteiger partial charge in [-0.15, -0.1) is 5.73 Å². The topological polar surface area (TPSA) is 29.1 Å². The largest absolute Gasteiger partial charge is 0.347 e. The van der Waals surface area contributed by atoms with Crippen molar-refractivity contribution in [1.82, 2.24) is 5.32 Å². The molecule has 1 N–H and O–H groups in total. The van der Waals surface area contributed by atoms with Gasteiger partial charge in [0, 0.05) is 11.6 Å². The Labute approximate surface area is 87.1 Å². The minimum Gasteiger partial charge on any atom is -0.347 e. The van der Waals surface area contributed by atoms with Crippen molar-refractivity contribution in [3.8, 4) is 0 Å². The summed E-state index contributed by atoms with van der Waals surface area (Å²) in [5.74, 6) is -0.0723. The SMILES string of the molecule is CCC(=C=CC(=O)NC(C)(C)C)CC. The summed E-state index contributed by atoms with van der Waals surface area (Å²) in [4.78, 5) is 11.4. The summed E-state index contributed by atoms with van der Waals surface area (Å²) in [6.07, 6.45) is 3.40. The van der Waals surface area contributed by atoms with Crippen LogP contribution in [0.5, 0.6) is 0 Å². The van der Waals surface area contributed by atoms with Crippen molar-refractivity contribution in [2.24, 2.45) is 0 Å². The molecule has 80 valence electrons. The molecule has 1 amide bonds. The van der Waals surface area contributed by atoms with Crippen LogP contribution in [-0.2, 0) is 4.79 Å². The molecule has 0 aliphatic carbocycles. The van der Waals surface area contributed by atoms with Gasteiger partial charge in [0.15, 0.2) is 0 Å². The van der Waals surface area contributed by atoms with Gasteiger partial charge in [-0.1, -0.05) is 13.8 Å². The van der Waals surface area contributed by atoms with E-state index >= 15 is 0 Å². The van der Waals surface area contributed by atoms with Crippen molar-refractivity contribution in [1.29, 1.82) is 0 Å². The van der Waals surface area contributed by atoms with Crippen LogP contribution in [0.3, 0.4) is 0 Å². The Hall–Kier alpha value is -1.01. The highest BCUT2D eigenvalue weighted by Gasteiger charge is 2.10. The average Bonchev–Trinajstić information content (AvgIpc) is 2.03. The van der Waals surface area contributed by atoms with Crippen LogP contribution in [0.1, 0.15) is 47.5 Å². The number of carbonyl (C=O) groups excluding carboxylic acids is 1. The van der Waals surface area contributed by atoms with Gasteiger partial charge >= 0.3 is 0 Å². The molecular weight excluding hydrogens is 174 g/mol. The minimum atomic E-state index is -0.173. The molecule has 0 unspecified atom stereocenters. The molecule has 0 heterocycles. The van der Waals surface area contributed by atoms with Gasteiger partial charge in [0.05, 0.1) is 0 Å². The molecule has 0 saturated carbocycles. The van der Waals surface area contributed by atoms with Gasteiger partial charge < -0.3 is 5.32 Å². The van der Waals surface area contributed by atoms with E-state index < -0.39 is 0 Å². The van der Waals surface area contributed by atoms with Crippen LogP contribution in [0.15, 0.2) is 17.4 Å². The zero-order chi connectivity index (χ0) is 11.2. The molecule has 0 spiro atoms. The van der Waals surface area contributed by atoms with Crippen LogP contribution in [0.4, 0.5) is 0 Å². The first kappa shape index (κ1) is 13.0. The molecule has 0 aromatic carbocycles. The number of rotatable bonds is 3. The van der Waals surface area contributed by atoms with Gasteiger partial charge in [-0.3, -0.25) is 4.79 Å². The summed E-state index contributed by atoms with van der Waals surface area (Å²) in [6.45, 7) is 10.0. The Morgan fingerprint density at radius 3 is 2.14 bits per heavy atom.